The molecule has 0 fully saturated rings. The van der Waals surface area contributed by atoms with Crippen LogP contribution in [0.15, 0.2) is 302 Å². The van der Waals surface area contributed by atoms with Gasteiger partial charge in [0.2, 0.25) is 0 Å². The Morgan fingerprint density at radius 1 is 0.280 bits per heavy atom. The van der Waals surface area contributed by atoms with Gasteiger partial charge in [0.25, 0.3) is 0 Å². The first-order valence-corrected chi connectivity index (χ1v) is 25.8. The topological polar surface area (TPSA) is 16.4 Å². The molecule has 1 aliphatic carbocycles. The van der Waals surface area contributed by atoms with Crippen molar-refractivity contribution in [3.05, 3.63) is 320 Å². The van der Waals surface area contributed by atoms with Gasteiger partial charge in [-0.3, -0.25) is 0 Å². The lowest BCUT2D eigenvalue weighted by atomic mass is 9.68. The van der Waals surface area contributed by atoms with Gasteiger partial charge in [-0.05, 0) is 120 Å². The van der Waals surface area contributed by atoms with Gasteiger partial charge in [-0.1, -0.05) is 255 Å². The Morgan fingerprint density at radius 3 is 1.32 bits per heavy atom. The van der Waals surface area contributed by atoms with Crippen molar-refractivity contribution in [1.29, 1.82) is 0 Å². The zero-order chi connectivity index (χ0) is 49.7. The molecule has 0 saturated heterocycles. The molecule has 0 N–H and O–H groups in total. The van der Waals surface area contributed by atoms with Gasteiger partial charge in [-0.2, -0.15) is 0 Å². The van der Waals surface area contributed by atoms with Crippen LogP contribution in [0.5, 0.6) is 0 Å². The minimum atomic E-state index is -0.540. The van der Waals surface area contributed by atoms with Crippen LogP contribution in [-0.4, -0.2) is 0 Å². The van der Waals surface area contributed by atoms with Crippen LogP contribution in [-0.2, 0) is 5.41 Å². The first-order valence-electron chi connectivity index (χ1n) is 25.8. The monoisotopic (exact) mass is 955 g/mol. The molecule has 0 saturated carbocycles. The number of hydrogen-bond acceptors (Lipinski definition) is 2. The van der Waals surface area contributed by atoms with Gasteiger partial charge in [0, 0.05) is 33.3 Å². The van der Waals surface area contributed by atoms with Crippen molar-refractivity contribution in [3.8, 4) is 66.8 Å². The lowest BCUT2D eigenvalue weighted by Gasteiger charge is -2.34. The summed E-state index contributed by atoms with van der Waals surface area (Å²) in [4.78, 5) is 2.46. The maximum Gasteiger partial charge on any atom is 0.143 e. The number of nitrogens with zero attached hydrogens (tertiary/aromatic N) is 1. The smallest absolute Gasteiger partial charge is 0.143 e. The summed E-state index contributed by atoms with van der Waals surface area (Å²) in [7, 11) is 0. The predicted octanol–water partition coefficient (Wildman–Crippen LogP) is 19.8. The first kappa shape index (κ1) is 44.0. The summed E-state index contributed by atoms with van der Waals surface area (Å²) >= 11 is 0. The van der Waals surface area contributed by atoms with Crippen LogP contribution < -0.4 is 4.90 Å². The molecular formula is C73H49NO. The van der Waals surface area contributed by atoms with Gasteiger partial charge in [-0.25, -0.2) is 0 Å². The molecule has 1 aromatic heterocycles. The third-order valence-corrected chi connectivity index (χ3v) is 15.4. The van der Waals surface area contributed by atoms with Gasteiger partial charge in [-0.15, -0.1) is 0 Å². The van der Waals surface area contributed by atoms with E-state index < -0.39 is 5.41 Å². The normalized spacial score (nSPS) is 12.4. The van der Waals surface area contributed by atoms with E-state index in [9.17, 15) is 0 Å². The summed E-state index contributed by atoms with van der Waals surface area (Å²) < 4.78 is 6.59. The van der Waals surface area contributed by atoms with E-state index in [1.54, 1.807) is 0 Å². The molecule has 12 aromatic carbocycles. The molecule has 0 bridgehead atoms. The molecule has 0 aliphatic heterocycles. The minimum Gasteiger partial charge on any atom is -0.455 e. The fourth-order valence-electron chi connectivity index (χ4n) is 12.1. The summed E-state index contributed by atoms with van der Waals surface area (Å²) in [5.74, 6) is 0. The number of rotatable bonds is 10. The van der Waals surface area contributed by atoms with E-state index in [1.165, 1.54) is 61.2 Å². The van der Waals surface area contributed by atoms with Crippen LogP contribution >= 0.6 is 0 Å². The molecule has 0 atom stereocenters. The second-order valence-electron chi connectivity index (χ2n) is 19.5. The van der Waals surface area contributed by atoms with Gasteiger partial charge in [0.15, 0.2) is 0 Å². The average Bonchev–Trinajstić information content (AvgIpc) is 4.03. The van der Waals surface area contributed by atoms with Crippen molar-refractivity contribution in [2.24, 2.45) is 0 Å². The molecule has 75 heavy (non-hydrogen) atoms. The number of hydrogen-bond donors (Lipinski definition) is 0. The third kappa shape index (κ3) is 7.33. The Balaban J connectivity index is 0.927. The van der Waals surface area contributed by atoms with Crippen LogP contribution in [0.1, 0.15) is 22.3 Å². The number of fused-ring (bicyclic) bond motifs is 6. The second-order valence-corrected chi connectivity index (χ2v) is 19.5. The Bertz CT molecular complexity index is 4160. The van der Waals surface area contributed by atoms with Gasteiger partial charge < -0.3 is 9.32 Å². The highest BCUT2D eigenvalue weighted by Gasteiger charge is 2.47. The lowest BCUT2D eigenvalue weighted by Crippen LogP contribution is -2.28. The quantitative estimate of drug-likeness (QED) is 0.136. The Kier molecular flexibility index (Phi) is 10.8. The third-order valence-electron chi connectivity index (χ3n) is 15.4. The molecule has 14 rings (SSSR count). The van der Waals surface area contributed by atoms with Gasteiger partial charge >= 0.3 is 0 Å². The van der Waals surface area contributed by atoms with Crippen molar-refractivity contribution in [1.82, 2.24) is 0 Å². The minimum absolute atomic E-state index is 0.540. The van der Waals surface area contributed by atoms with Crippen LogP contribution in [0, 0.1) is 0 Å². The summed E-state index contributed by atoms with van der Waals surface area (Å²) in [5.41, 5.74) is 23.7. The van der Waals surface area contributed by atoms with E-state index in [1.807, 2.05) is 0 Å². The van der Waals surface area contributed by atoms with E-state index in [-0.39, 0.29) is 0 Å². The molecule has 0 radical (unpaired) electrons. The zero-order valence-electron chi connectivity index (χ0n) is 41.1. The van der Waals surface area contributed by atoms with E-state index in [2.05, 4.69) is 302 Å². The molecule has 0 unspecified atom stereocenters. The number of benzene rings is 12. The highest BCUT2D eigenvalue weighted by molar-refractivity contribution is 6.10. The molecule has 2 heteroatoms. The van der Waals surface area contributed by atoms with E-state index in [0.29, 0.717) is 0 Å². The second kappa shape index (κ2) is 18.4. The molecule has 2 nitrogen and oxygen atoms in total. The van der Waals surface area contributed by atoms with Crippen molar-refractivity contribution in [2.45, 2.75) is 5.41 Å². The highest BCUT2D eigenvalue weighted by atomic mass is 16.3. The Morgan fingerprint density at radius 2 is 0.720 bits per heavy atom. The van der Waals surface area contributed by atoms with Crippen molar-refractivity contribution in [2.75, 3.05) is 4.90 Å². The van der Waals surface area contributed by atoms with Gasteiger partial charge in [0.05, 0.1) is 11.1 Å². The maximum absolute atomic E-state index is 6.59. The molecule has 13 aromatic rings. The largest absolute Gasteiger partial charge is 0.455 e. The lowest BCUT2D eigenvalue weighted by molar-refractivity contribution is 0.670. The fraction of sp³-hybridized carbons (Fsp3) is 0.0137. The van der Waals surface area contributed by atoms with Crippen molar-refractivity contribution < 1.29 is 4.42 Å². The summed E-state index contributed by atoms with van der Waals surface area (Å²) in [5, 5.41) is 2.22. The van der Waals surface area contributed by atoms with Crippen molar-refractivity contribution >= 4 is 39.0 Å². The molecule has 0 spiro atoms. The molecular weight excluding hydrogens is 907 g/mol. The van der Waals surface area contributed by atoms with Gasteiger partial charge in [0.1, 0.15) is 11.2 Å². The average molecular weight is 956 g/mol. The van der Waals surface area contributed by atoms with Crippen molar-refractivity contribution in [3.63, 3.8) is 0 Å². The predicted molar refractivity (Wildman–Crippen MR) is 313 cm³/mol. The van der Waals surface area contributed by atoms with Crippen LogP contribution in [0.3, 0.4) is 0 Å². The molecule has 1 aliphatic rings. The summed E-state index contributed by atoms with van der Waals surface area (Å²) in [6.45, 7) is 0. The molecule has 352 valence electrons. The molecule has 0 amide bonds. The fourth-order valence-corrected chi connectivity index (χ4v) is 12.1. The SMILES string of the molecule is c1ccc(-c2ccccc2-c2ccccc2-c2ccc(N(c3ccc(-c4ccc5oc6c(-c7ccccc7)cccc6c5c4)cc3)c3cccc4c3-c3ccccc3C4(c3ccccc3)c3ccccc3)cc2)cc1. The van der Waals surface area contributed by atoms with E-state index in [4.69, 9.17) is 4.42 Å². The highest BCUT2D eigenvalue weighted by Crippen LogP contribution is 2.59. The first-order chi connectivity index (χ1) is 37.2. The zero-order valence-corrected chi connectivity index (χ0v) is 41.1. The van der Waals surface area contributed by atoms with Crippen LogP contribution in [0.25, 0.3) is 88.7 Å². The number of anilines is 3. The van der Waals surface area contributed by atoms with E-state index >= 15 is 0 Å². The number of furan rings is 1. The summed E-state index contributed by atoms with van der Waals surface area (Å²) in [6, 6.07) is 108. The Labute approximate surface area is 437 Å². The van der Waals surface area contributed by atoms with Crippen LogP contribution in [0.4, 0.5) is 17.1 Å². The van der Waals surface area contributed by atoms with Crippen LogP contribution in [0.2, 0.25) is 0 Å². The standard InChI is InChI=1S/C73H49NO/c1-5-21-51(22-6-1)59-29-13-15-31-62(59)63-32-16-14-30-60(63)53-41-46-58(47-42-53)74(57-44-39-50(40-45-57)54-43-48-70-66(49-54)64-35-19-34-61(72(64)75-70)52-23-7-2-8-24-52)69-38-20-37-68-71(69)65-33-17-18-36-67(65)73(68,55-25-9-3-10-26-55)56-27-11-4-12-28-56/h1-49H. The maximum atomic E-state index is 6.59. The van der Waals surface area contributed by atoms with E-state index in [0.717, 1.165) is 66.8 Å². The molecule has 1 heterocycles. The number of para-hydroxylation sites is 1. The summed E-state index contributed by atoms with van der Waals surface area (Å²) in [6.07, 6.45) is 0. The Hall–Kier alpha value is -9.76.